The quantitative estimate of drug-likeness (QED) is 0.645. The van der Waals surface area contributed by atoms with Crippen LogP contribution in [0.2, 0.25) is 0 Å². The van der Waals surface area contributed by atoms with Gasteiger partial charge in [-0.25, -0.2) is 0 Å². The molecular formula is C15H15NO2. The lowest BCUT2D eigenvalue weighted by molar-refractivity contribution is 0.128. The summed E-state index contributed by atoms with van der Waals surface area (Å²) in [6, 6.07) is 19.3. The number of hydrogen-bond donors (Lipinski definition) is 1. The first-order chi connectivity index (χ1) is 8.90. The maximum Gasteiger partial charge on any atom is 0.142 e. The van der Waals surface area contributed by atoms with Crippen LogP contribution in [0.5, 0.6) is 0 Å². The van der Waals surface area contributed by atoms with Crippen molar-refractivity contribution in [3.63, 3.8) is 0 Å². The molecule has 18 heavy (non-hydrogen) atoms. The van der Waals surface area contributed by atoms with Gasteiger partial charge in [-0.2, -0.15) is 0 Å². The van der Waals surface area contributed by atoms with Gasteiger partial charge in [0.1, 0.15) is 12.3 Å². The zero-order chi connectivity index (χ0) is 12.6. The zero-order valence-electron chi connectivity index (χ0n) is 9.99. The molecule has 0 radical (unpaired) electrons. The van der Waals surface area contributed by atoms with Crippen LogP contribution < -0.4 is 0 Å². The molecule has 0 atom stereocenters. The maximum absolute atomic E-state index is 9.27. The maximum atomic E-state index is 9.27. The molecule has 0 aliphatic rings. The lowest BCUT2D eigenvalue weighted by Crippen LogP contribution is -2.07. The van der Waals surface area contributed by atoms with E-state index in [1.165, 1.54) is 0 Å². The number of aliphatic hydroxyl groups excluding tert-OH is 1. The van der Waals surface area contributed by atoms with Gasteiger partial charge in [-0.05, 0) is 5.56 Å². The standard InChI is InChI=1S/C15H15NO2/c17-11-15(14-9-5-2-6-10-14)16-18-12-13-7-3-1-4-8-13/h1-10,17H,11-12H2/b16-15+. The molecule has 3 nitrogen and oxygen atoms in total. The fourth-order valence-electron chi connectivity index (χ4n) is 1.56. The highest BCUT2D eigenvalue weighted by Gasteiger charge is 2.01. The summed E-state index contributed by atoms with van der Waals surface area (Å²) in [6.07, 6.45) is 0. The molecule has 0 saturated carbocycles. The topological polar surface area (TPSA) is 41.8 Å². The normalized spacial score (nSPS) is 11.3. The van der Waals surface area contributed by atoms with E-state index >= 15 is 0 Å². The Morgan fingerprint density at radius 2 is 1.56 bits per heavy atom. The highest BCUT2D eigenvalue weighted by Crippen LogP contribution is 2.04. The first kappa shape index (κ1) is 12.3. The highest BCUT2D eigenvalue weighted by atomic mass is 16.6. The Morgan fingerprint density at radius 3 is 2.17 bits per heavy atom. The van der Waals surface area contributed by atoms with Crippen LogP contribution in [0, 0.1) is 0 Å². The summed E-state index contributed by atoms with van der Waals surface area (Å²) in [4.78, 5) is 5.26. The molecule has 0 saturated heterocycles. The van der Waals surface area contributed by atoms with E-state index in [9.17, 15) is 5.11 Å². The average Bonchev–Trinajstić information content (AvgIpc) is 2.46. The lowest BCUT2D eigenvalue weighted by atomic mass is 10.1. The summed E-state index contributed by atoms with van der Waals surface area (Å²) in [6.45, 7) is 0.260. The lowest BCUT2D eigenvalue weighted by Gasteiger charge is -2.04. The van der Waals surface area contributed by atoms with Gasteiger partial charge in [-0.1, -0.05) is 65.8 Å². The van der Waals surface area contributed by atoms with Crippen LogP contribution >= 0.6 is 0 Å². The molecule has 0 spiro atoms. The second-order valence-electron chi connectivity index (χ2n) is 3.82. The molecule has 2 aromatic rings. The molecule has 0 bridgehead atoms. The molecule has 0 amide bonds. The van der Waals surface area contributed by atoms with E-state index in [2.05, 4.69) is 5.16 Å². The number of hydrogen-bond acceptors (Lipinski definition) is 3. The zero-order valence-corrected chi connectivity index (χ0v) is 9.99. The van der Waals surface area contributed by atoms with E-state index in [0.717, 1.165) is 11.1 Å². The second kappa shape index (κ2) is 6.57. The van der Waals surface area contributed by atoms with Crippen molar-refractivity contribution in [1.29, 1.82) is 0 Å². The van der Waals surface area contributed by atoms with Crippen molar-refractivity contribution < 1.29 is 9.94 Å². The molecule has 0 aromatic heterocycles. The van der Waals surface area contributed by atoms with Gasteiger partial charge in [0.15, 0.2) is 0 Å². The van der Waals surface area contributed by atoms with Crippen LogP contribution in [0.25, 0.3) is 0 Å². The van der Waals surface area contributed by atoms with Gasteiger partial charge in [-0.15, -0.1) is 0 Å². The Labute approximate surface area is 106 Å². The first-order valence-electron chi connectivity index (χ1n) is 5.79. The molecule has 0 fully saturated rings. The van der Waals surface area contributed by atoms with Crippen molar-refractivity contribution in [3.05, 3.63) is 71.8 Å². The third kappa shape index (κ3) is 3.43. The van der Waals surface area contributed by atoms with Crippen molar-refractivity contribution >= 4 is 5.71 Å². The molecular weight excluding hydrogens is 226 g/mol. The molecule has 0 heterocycles. The monoisotopic (exact) mass is 241 g/mol. The minimum Gasteiger partial charge on any atom is -0.391 e. The highest BCUT2D eigenvalue weighted by molar-refractivity contribution is 6.01. The number of benzene rings is 2. The van der Waals surface area contributed by atoms with Gasteiger partial charge < -0.3 is 9.94 Å². The van der Waals surface area contributed by atoms with Crippen LogP contribution in [0.4, 0.5) is 0 Å². The third-order valence-corrected chi connectivity index (χ3v) is 2.51. The third-order valence-electron chi connectivity index (χ3n) is 2.51. The predicted molar refractivity (Wildman–Crippen MR) is 71.3 cm³/mol. The number of nitrogens with zero attached hydrogens (tertiary/aromatic N) is 1. The summed E-state index contributed by atoms with van der Waals surface area (Å²) in [5.41, 5.74) is 2.45. The largest absolute Gasteiger partial charge is 0.391 e. The molecule has 0 aliphatic carbocycles. The van der Waals surface area contributed by atoms with Crippen LogP contribution in [0.3, 0.4) is 0 Å². The van der Waals surface area contributed by atoms with Crippen molar-refractivity contribution in [2.75, 3.05) is 6.61 Å². The summed E-state index contributed by atoms with van der Waals surface area (Å²) >= 11 is 0. The van der Waals surface area contributed by atoms with Crippen molar-refractivity contribution in [1.82, 2.24) is 0 Å². The van der Waals surface area contributed by atoms with Crippen molar-refractivity contribution in [2.24, 2.45) is 5.16 Å². The van der Waals surface area contributed by atoms with E-state index in [0.29, 0.717) is 12.3 Å². The Hall–Kier alpha value is -2.13. The molecule has 2 rings (SSSR count). The number of oxime groups is 1. The Morgan fingerprint density at radius 1 is 0.944 bits per heavy atom. The fourth-order valence-corrected chi connectivity index (χ4v) is 1.56. The molecule has 3 heteroatoms. The van der Waals surface area contributed by atoms with E-state index in [4.69, 9.17) is 4.84 Å². The molecule has 92 valence electrons. The summed E-state index contributed by atoms with van der Waals surface area (Å²) < 4.78 is 0. The fraction of sp³-hybridized carbons (Fsp3) is 0.133. The van der Waals surface area contributed by atoms with Gasteiger partial charge in [0.25, 0.3) is 0 Å². The Kier molecular flexibility index (Phi) is 4.50. The Bertz CT molecular complexity index is 494. The van der Waals surface area contributed by atoms with Crippen molar-refractivity contribution in [2.45, 2.75) is 6.61 Å². The van der Waals surface area contributed by atoms with Crippen LogP contribution in [0.1, 0.15) is 11.1 Å². The van der Waals surface area contributed by atoms with E-state index < -0.39 is 0 Å². The summed E-state index contributed by atoms with van der Waals surface area (Å²) in [5, 5.41) is 13.2. The van der Waals surface area contributed by atoms with Gasteiger partial charge in [0.2, 0.25) is 0 Å². The number of rotatable bonds is 5. The summed E-state index contributed by atoms with van der Waals surface area (Å²) in [7, 11) is 0. The molecule has 0 aliphatic heterocycles. The minimum atomic E-state index is -0.140. The second-order valence-corrected chi connectivity index (χ2v) is 3.82. The Balaban J connectivity index is 1.99. The SMILES string of the molecule is OC/C(=N\OCc1ccccc1)c1ccccc1. The van der Waals surface area contributed by atoms with Gasteiger partial charge in [0.05, 0.1) is 6.61 Å². The number of aliphatic hydroxyl groups is 1. The summed E-state index contributed by atoms with van der Waals surface area (Å²) in [5.74, 6) is 0. The van der Waals surface area contributed by atoms with E-state index in [1.807, 2.05) is 60.7 Å². The van der Waals surface area contributed by atoms with Gasteiger partial charge >= 0.3 is 0 Å². The van der Waals surface area contributed by atoms with Crippen LogP contribution in [0.15, 0.2) is 65.8 Å². The minimum absolute atomic E-state index is 0.140. The molecule has 1 N–H and O–H groups in total. The predicted octanol–water partition coefficient (Wildman–Crippen LogP) is 2.60. The van der Waals surface area contributed by atoms with Crippen molar-refractivity contribution in [3.8, 4) is 0 Å². The van der Waals surface area contributed by atoms with E-state index in [1.54, 1.807) is 0 Å². The smallest absolute Gasteiger partial charge is 0.142 e. The molecule has 0 unspecified atom stereocenters. The average molecular weight is 241 g/mol. The molecule has 2 aromatic carbocycles. The first-order valence-corrected chi connectivity index (χ1v) is 5.79. The van der Waals surface area contributed by atoms with Crippen LogP contribution in [-0.2, 0) is 11.4 Å². The van der Waals surface area contributed by atoms with Gasteiger partial charge in [-0.3, -0.25) is 0 Å². The van der Waals surface area contributed by atoms with Crippen LogP contribution in [-0.4, -0.2) is 17.4 Å². The van der Waals surface area contributed by atoms with E-state index in [-0.39, 0.29) is 6.61 Å². The van der Waals surface area contributed by atoms with Gasteiger partial charge in [0, 0.05) is 5.56 Å².